The number of aldehydes is 1. The quantitative estimate of drug-likeness (QED) is 0.509. The first-order valence-electron chi connectivity index (χ1n) is 10.0. The normalized spacial score (nSPS) is 12.1. The van der Waals surface area contributed by atoms with Crippen molar-refractivity contribution >= 4 is 6.29 Å². The van der Waals surface area contributed by atoms with E-state index in [1.165, 1.54) is 5.56 Å². The SMILES string of the molecule is COc1cc(C=O)cc(Oc2ccc(C(C)(C)C)cc2C(C)(C)C)c1OC(C)C. The van der Waals surface area contributed by atoms with Gasteiger partial charge in [-0.1, -0.05) is 53.7 Å². The zero-order valence-corrected chi connectivity index (χ0v) is 19.2. The van der Waals surface area contributed by atoms with E-state index in [-0.39, 0.29) is 16.9 Å². The predicted molar refractivity (Wildman–Crippen MR) is 118 cm³/mol. The summed E-state index contributed by atoms with van der Waals surface area (Å²) in [6.45, 7) is 17.0. The van der Waals surface area contributed by atoms with Crippen LogP contribution in [0, 0.1) is 0 Å². The molecule has 0 heterocycles. The molecule has 2 rings (SSSR count). The van der Waals surface area contributed by atoms with Gasteiger partial charge in [0.2, 0.25) is 5.75 Å². The number of hydrogen-bond acceptors (Lipinski definition) is 4. The summed E-state index contributed by atoms with van der Waals surface area (Å²) in [7, 11) is 1.56. The standard InChI is InChI=1S/C25H34O4/c1-16(2)28-23-21(27-9)12-17(15-26)13-22(23)29-20-11-10-18(24(3,4)5)14-19(20)25(6,7)8/h10-16H,1-9H3. The minimum Gasteiger partial charge on any atom is -0.493 e. The van der Waals surface area contributed by atoms with E-state index >= 15 is 0 Å². The van der Waals surface area contributed by atoms with Gasteiger partial charge in [0.05, 0.1) is 13.2 Å². The van der Waals surface area contributed by atoms with Crippen LogP contribution in [0.2, 0.25) is 0 Å². The van der Waals surface area contributed by atoms with Crippen LogP contribution in [-0.2, 0) is 10.8 Å². The highest BCUT2D eigenvalue weighted by Gasteiger charge is 2.25. The van der Waals surface area contributed by atoms with Crippen LogP contribution >= 0.6 is 0 Å². The van der Waals surface area contributed by atoms with Gasteiger partial charge >= 0.3 is 0 Å². The molecular formula is C25H34O4. The monoisotopic (exact) mass is 398 g/mol. The van der Waals surface area contributed by atoms with Crippen LogP contribution in [0.1, 0.15) is 76.9 Å². The lowest BCUT2D eigenvalue weighted by Gasteiger charge is -2.27. The van der Waals surface area contributed by atoms with Crippen LogP contribution in [0.15, 0.2) is 30.3 Å². The summed E-state index contributed by atoms with van der Waals surface area (Å²) in [5.74, 6) is 2.17. The Hall–Kier alpha value is -2.49. The Kier molecular flexibility index (Phi) is 6.67. The number of hydrogen-bond donors (Lipinski definition) is 0. The second kappa shape index (κ2) is 8.48. The van der Waals surface area contributed by atoms with Gasteiger partial charge < -0.3 is 14.2 Å². The van der Waals surface area contributed by atoms with Crippen LogP contribution in [-0.4, -0.2) is 19.5 Å². The lowest BCUT2D eigenvalue weighted by molar-refractivity contribution is 0.112. The summed E-state index contributed by atoms with van der Waals surface area (Å²) in [6.07, 6.45) is 0.709. The summed E-state index contributed by atoms with van der Waals surface area (Å²) in [4.78, 5) is 11.4. The largest absolute Gasteiger partial charge is 0.493 e. The van der Waals surface area contributed by atoms with E-state index in [1.807, 2.05) is 19.9 Å². The molecule has 0 saturated heterocycles. The van der Waals surface area contributed by atoms with Crippen LogP contribution in [0.3, 0.4) is 0 Å². The minimum absolute atomic E-state index is 0.0328. The maximum absolute atomic E-state index is 11.4. The fourth-order valence-corrected chi connectivity index (χ4v) is 3.03. The van der Waals surface area contributed by atoms with Gasteiger partial charge in [0, 0.05) is 11.1 Å². The summed E-state index contributed by atoms with van der Waals surface area (Å²) < 4.78 is 17.8. The highest BCUT2D eigenvalue weighted by atomic mass is 16.5. The Balaban J connectivity index is 2.65. The molecule has 29 heavy (non-hydrogen) atoms. The number of benzene rings is 2. The average molecular weight is 399 g/mol. The second-order valence-corrected chi connectivity index (χ2v) is 9.65. The van der Waals surface area contributed by atoms with Crippen molar-refractivity contribution in [2.24, 2.45) is 0 Å². The van der Waals surface area contributed by atoms with Crippen molar-refractivity contribution in [3.63, 3.8) is 0 Å². The molecule has 0 radical (unpaired) electrons. The molecule has 0 spiro atoms. The molecule has 2 aromatic rings. The van der Waals surface area contributed by atoms with E-state index in [1.54, 1.807) is 19.2 Å². The molecule has 4 heteroatoms. The third kappa shape index (κ3) is 5.53. The molecule has 0 saturated carbocycles. The highest BCUT2D eigenvalue weighted by molar-refractivity contribution is 5.78. The molecule has 0 unspecified atom stereocenters. The third-order valence-electron chi connectivity index (χ3n) is 4.63. The zero-order valence-electron chi connectivity index (χ0n) is 19.2. The van der Waals surface area contributed by atoms with Gasteiger partial charge in [0.1, 0.15) is 12.0 Å². The van der Waals surface area contributed by atoms with E-state index in [2.05, 4.69) is 53.7 Å². The molecular weight excluding hydrogens is 364 g/mol. The number of methoxy groups -OCH3 is 1. The Morgan fingerprint density at radius 3 is 1.97 bits per heavy atom. The van der Waals surface area contributed by atoms with Gasteiger partial charge in [-0.25, -0.2) is 0 Å². The molecule has 4 nitrogen and oxygen atoms in total. The fourth-order valence-electron chi connectivity index (χ4n) is 3.03. The molecule has 0 bridgehead atoms. The summed E-state index contributed by atoms with van der Waals surface area (Å²) in [6, 6.07) is 9.65. The maximum atomic E-state index is 11.4. The Labute approximate surface area is 175 Å². The minimum atomic E-state index is -0.123. The van der Waals surface area contributed by atoms with Crippen LogP contribution in [0.25, 0.3) is 0 Å². The summed E-state index contributed by atoms with van der Waals surface area (Å²) >= 11 is 0. The van der Waals surface area contributed by atoms with Gasteiger partial charge in [0.25, 0.3) is 0 Å². The van der Waals surface area contributed by atoms with Crippen molar-refractivity contribution in [3.05, 3.63) is 47.0 Å². The molecule has 0 fully saturated rings. The fraction of sp³-hybridized carbons (Fsp3) is 0.480. The van der Waals surface area contributed by atoms with E-state index in [4.69, 9.17) is 14.2 Å². The Bertz CT molecular complexity index is 868. The Morgan fingerprint density at radius 2 is 1.48 bits per heavy atom. The number of carbonyl (C=O) groups is 1. The maximum Gasteiger partial charge on any atom is 0.204 e. The molecule has 0 atom stereocenters. The predicted octanol–water partition coefficient (Wildman–Crippen LogP) is 6.68. The van der Waals surface area contributed by atoms with Crippen molar-refractivity contribution in [2.75, 3.05) is 7.11 Å². The molecule has 0 aliphatic rings. The molecule has 0 amide bonds. The topological polar surface area (TPSA) is 44.8 Å². The van der Waals surface area contributed by atoms with E-state index in [0.717, 1.165) is 17.6 Å². The van der Waals surface area contributed by atoms with Crippen molar-refractivity contribution in [1.82, 2.24) is 0 Å². The van der Waals surface area contributed by atoms with Gasteiger partial charge in [0.15, 0.2) is 11.5 Å². The van der Waals surface area contributed by atoms with E-state index in [0.29, 0.717) is 22.8 Å². The second-order valence-electron chi connectivity index (χ2n) is 9.65. The highest BCUT2D eigenvalue weighted by Crippen LogP contribution is 2.44. The smallest absolute Gasteiger partial charge is 0.204 e. The molecule has 0 aliphatic heterocycles. The van der Waals surface area contributed by atoms with Crippen molar-refractivity contribution in [2.45, 2.75) is 72.3 Å². The summed E-state index contributed by atoms with van der Waals surface area (Å²) in [5.41, 5.74) is 2.72. The van der Waals surface area contributed by atoms with E-state index in [9.17, 15) is 4.79 Å². The van der Waals surface area contributed by atoms with Crippen LogP contribution < -0.4 is 14.2 Å². The van der Waals surface area contributed by atoms with Gasteiger partial charge in [-0.15, -0.1) is 0 Å². The molecule has 2 aromatic carbocycles. The van der Waals surface area contributed by atoms with Crippen LogP contribution in [0.4, 0.5) is 0 Å². The lowest BCUT2D eigenvalue weighted by Crippen LogP contribution is -2.17. The zero-order chi connectivity index (χ0) is 22.0. The van der Waals surface area contributed by atoms with Gasteiger partial charge in [-0.3, -0.25) is 4.79 Å². The third-order valence-corrected chi connectivity index (χ3v) is 4.63. The molecule has 0 aromatic heterocycles. The van der Waals surface area contributed by atoms with Gasteiger partial charge in [-0.05, 0) is 48.4 Å². The molecule has 158 valence electrons. The first kappa shape index (κ1) is 22.8. The molecule has 0 aliphatic carbocycles. The first-order chi connectivity index (χ1) is 13.4. The van der Waals surface area contributed by atoms with Gasteiger partial charge in [-0.2, -0.15) is 0 Å². The average Bonchev–Trinajstić information content (AvgIpc) is 2.61. The van der Waals surface area contributed by atoms with Crippen molar-refractivity contribution < 1.29 is 19.0 Å². The number of rotatable bonds is 6. The van der Waals surface area contributed by atoms with E-state index < -0.39 is 0 Å². The van der Waals surface area contributed by atoms with Crippen LogP contribution in [0.5, 0.6) is 23.0 Å². The number of ether oxygens (including phenoxy) is 3. The molecule has 0 N–H and O–H groups in total. The lowest BCUT2D eigenvalue weighted by atomic mass is 9.80. The van der Waals surface area contributed by atoms with Crippen molar-refractivity contribution in [3.8, 4) is 23.0 Å². The van der Waals surface area contributed by atoms with Crippen molar-refractivity contribution in [1.29, 1.82) is 0 Å². The number of carbonyl (C=O) groups excluding carboxylic acids is 1. The summed E-state index contributed by atoms with van der Waals surface area (Å²) in [5, 5.41) is 0. The first-order valence-corrected chi connectivity index (χ1v) is 10.0. The Morgan fingerprint density at radius 1 is 0.862 bits per heavy atom.